The molecule has 0 saturated carbocycles. The van der Waals surface area contributed by atoms with Gasteiger partial charge in [-0.15, -0.1) is 0 Å². The van der Waals surface area contributed by atoms with E-state index in [4.69, 9.17) is 4.74 Å². The lowest BCUT2D eigenvalue weighted by molar-refractivity contribution is 0.0699. The summed E-state index contributed by atoms with van der Waals surface area (Å²) in [5, 5.41) is 10.2. The summed E-state index contributed by atoms with van der Waals surface area (Å²) in [6.45, 7) is 0. The lowest BCUT2D eigenvalue weighted by Crippen LogP contribution is -1.97. The number of methoxy groups -OCH3 is 1. The van der Waals surface area contributed by atoms with Crippen molar-refractivity contribution in [2.45, 2.75) is 0 Å². The summed E-state index contributed by atoms with van der Waals surface area (Å²) in [7, 11) is 1.63. The zero-order valence-corrected chi connectivity index (χ0v) is 14.1. The molecule has 0 aliphatic heterocycles. The largest absolute Gasteiger partial charge is 0.497 e. The number of nitrogens with zero attached hydrogens (tertiary/aromatic N) is 1. The maximum Gasteiger partial charge on any atom is 0.336 e. The number of carbonyl (C=O) groups is 1. The standard InChI is InChI=1S/C21H16N2O3/c1-26-16-7-5-13(6-8-16)14-9-15(11-22-10-14)18-12-23-19-4-2-3-17(20(18)19)21(24)25/h2-12,23H,1H3,(H,24,25). The van der Waals surface area contributed by atoms with Gasteiger partial charge in [0.2, 0.25) is 0 Å². The molecule has 2 aromatic carbocycles. The predicted octanol–water partition coefficient (Wildman–Crippen LogP) is 4.60. The number of hydrogen-bond acceptors (Lipinski definition) is 3. The van der Waals surface area contributed by atoms with Crippen LogP contribution < -0.4 is 4.74 Å². The number of fused-ring (bicyclic) bond motifs is 1. The fraction of sp³-hybridized carbons (Fsp3) is 0.0476. The predicted molar refractivity (Wildman–Crippen MR) is 100 cm³/mol. The van der Waals surface area contributed by atoms with Gasteiger partial charge < -0.3 is 14.8 Å². The number of aromatic carboxylic acids is 1. The van der Waals surface area contributed by atoms with Crippen LogP contribution in [0, 0.1) is 0 Å². The number of carboxylic acid groups (broad SMARTS) is 1. The summed E-state index contributed by atoms with van der Waals surface area (Å²) in [4.78, 5) is 19.1. The lowest BCUT2D eigenvalue weighted by atomic mass is 9.99. The van der Waals surface area contributed by atoms with Gasteiger partial charge in [0.25, 0.3) is 0 Å². The third kappa shape index (κ3) is 2.69. The molecule has 0 saturated heterocycles. The van der Waals surface area contributed by atoms with E-state index in [9.17, 15) is 9.90 Å². The molecule has 128 valence electrons. The molecule has 26 heavy (non-hydrogen) atoms. The molecule has 2 heterocycles. The SMILES string of the molecule is COc1ccc(-c2cncc(-c3c[nH]c4cccc(C(=O)O)c34)c2)cc1. The first-order valence-corrected chi connectivity index (χ1v) is 8.10. The molecule has 0 spiro atoms. The minimum atomic E-state index is -0.948. The van der Waals surface area contributed by atoms with Crippen molar-refractivity contribution < 1.29 is 14.6 Å². The zero-order chi connectivity index (χ0) is 18.1. The maximum atomic E-state index is 11.6. The molecular formula is C21H16N2O3. The molecule has 0 amide bonds. The van der Waals surface area contributed by atoms with Crippen LogP contribution in [0.25, 0.3) is 33.2 Å². The van der Waals surface area contributed by atoms with Crippen LogP contribution >= 0.6 is 0 Å². The van der Waals surface area contributed by atoms with Crippen molar-refractivity contribution in [2.75, 3.05) is 7.11 Å². The molecule has 0 radical (unpaired) electrons. The Morgan fingerprint density at radius 2 is 1.81 bits per heavy atom. The molecule has 4 rings (SSSR count). The Kier molecular flexibility index (Phi) is 3.89. The summed E-state index contributed by atoms with van der Waals surface area (Å²) >= 11 is 0. The zero-order valence-electron chi connectivity index (χ0n) is 14.1. The minimum absolute atomic E-state index is 0.272. The van der Waals surface area contributed by atoms with Crippen molar-refractivity contribution in [1.82, 2.24) is 9.97 Å². The Labute approximate surface area is 149 Å². The van der Waals surface area contributed by atoms with Crippen molar-refractivity contribution in [3.05, 3.63) is 72.7 Å². The number of benzene rings is 2. The van der Waals surface area contributed by atoms with Gasteiger partial charge >= 0.3 is 5.97 Å². The highest BCUT2D eigenvalue weighted by atomic mass is 16.5. The number of H-pyrrole nitrogens is 1. The van der Waals surface area contributed by atoms with Gasteiger partial charge in [-0.05, 0) is 35.9 Å². The van der Waals surface area contributed by atoms with Crippen LogP contribution in [-0.4, -0.2) is 28.2 Å². The van der Waals surface area contributed by atoms with Gasteiger partial charge in [-0.1, -0.05) is 18.2 Å². The molecule has 5 heteroatoms. The van der Waals surface area contributed by atoms with Crippen molar-refractivity contribution in [2.24, 2.45) is 0 Å². The second-order valence-corrected chi connectivity index (χ2v) is 5.93. The second kappa shape index (κ2) is 6.37. The number of aromatic amines is 1. The van der Waals surface area contributed by atoms with Crippen LogP contribution in [0.3, 0.4) is 0 Å². The van der Waals surface area contributed by atoms with Gasteiger partial charge in [-0.2, -0.15) is 0 Å². The molecule has 0 unspecified atom stereocenters. The topological polar surface area (TPSA) is 75.2 Å². The number of pyridine rings is 1. The average molecular weight is 344 g/mol. The third-order valence-corrected chi connectivity index (χ3v) is 4.41. The quantitative estimate of drug-likeness (QED) is 0.567. The van der Waals surface area contributed by atoms with Gasteiger partial charge in [-0.3, -0.25) is 4.98 Å². The second-order valence-electron chi connectivity index (χ2n) is 5.93. The van der Waals surface area contributed by atoms with Gasteiger partial charge in [0.15, 0.2) is 0 Å². The first kappa shape index (κ1) is 15.9. The summed E-state index contributed by atoms with van der Waals surface area (Å²) in [5.41, 5.74) is 4.70. The first-order chi connectivity index (χ1) is 12.7. The van der Waals surface area contributed by atoms with Crippen LogP contribution in [0.5, 0.6) is 5.75 Å². The molecular weight excluding hydrogens is 328 g/mol. The average Bonchev–Trinajstić information content (AvgIpc) is 3.12. The summed E-state index contributed by atoms with van der Waals surface area (Å²) < 4.78 is 5.20. The Morgan fingerprint density at radius 1 is 1.04 bits per heavy atom. The van der Waals surface area contributed by atoms with Crippen molar-refractivity contribution in [3.63, 3.8) is 0 Å². The molecule has 0 aliphatic rings. The molecule has 0 fully saturated rings. The molecule has 2 N–H and O–H groups in total. The Morgan fingerprint density at radius 3 is 2.54 bits per heavy atom. The number of carboxylic acids is 1. The molecule has 0 atom stereocenters. The first-order valence-electron chi connectivity index (χ1n) is 8.10. The highest BCUT2D eigenvalue weighted by Gasteiger charge is 2.15. The summed E-state index contributed by atoms with van der Waals surface area (Å²) in [6.07, 6.45) is 5.36. The highest BCUT2D eigenvalue weighted by molar-refractivity contribution is 6.09. The maximum absolute atomic E-state index is 11.6. The van der Waals surface area contributed by atoms with Gasteiger partial charge in [0, 0.05) is 46.2 Å². The number of nitrogens with one attached hydrogen (secondary N) is 1. The Balaban J connectivity index is 1.84. The summed E-state index contributed by atoms with van der Waals surface area (Å²) in [6, 6.07) is 15.0. The van der Waals surface area contributed by atoms with E-state index in [1.807, 2.05) is 42.6 Å². The molecule has 0 aliphatic carbocycles. The fourth-order valence-corrected chi connectivity index (χ4v) is 3.12. The summed E-state index contributed by atoms with van der Waals surface area (Å²) in [5.74, 6) is -0.156. The van der Waals surface area contributed by atoms with E-state index in [1.165, 1.54) is 0 Å². The van der Waals surface area contributed by atoms with Gasteiger partial charge in [-0.25, -0.2) is 4.79 Å². The number of rotatable bonds is 4. The van der Waals surface area contributed by atoms with E-state index in [0.717, 1.165) is 33.5 Å². The van der Waals surface area contributed by atoms with Crippen LogP contribution in [0.2, 0.25) is 0 Å². The van der Waals surface area contributed by atoms with Crippen LogP contribution in [0.1, 0.15) is 10.4 Å². The number of aromatic nitrogens is 2. The van der Waals surface area contributed by atoms with Crippen molar-refractivity contribution in [1.29, 1.82) is 0 Å². The normalized spacial score (nSPS) is 10.8. The molecule has 0 bridgehead atoms. The van der Waals surface area contributed by atoms with Crippen LogP contribution in [0.4, 0.5) is 0 Å². The fourth-order valence-electron chi connectivity index (χ4n) is 3.12. The minimum Gasteiger partial charge on any atom is -0.497 e. The van der Waals surface area contributed by atoms with E-state index >= 15 is 0 Å². The lowest BCUT2D eigenvalue weighted by Gasteiger charge is -2.07. The smallest absolute Gasteiger partial charge is 0.336 e. The van der Waals surface area contributed by atoms with Crippen LogP contribution in [0.15, 0.2) is 67.1 Å². The van der Waals surface area contributed by atoms with Crippen LogP contribution in [-0.2, 0) is 0 Å². The van der Waals surface area contributed by atoms with Crippen molar-refractivity contribution in [3.8, 4) is 28.0 Å². The van der Waals surface area contributed by atoms with E-state index in [2.05, 4.69) is 9.97 Å². The third-order valence-electron chi connectivity index (χ3n) is 4.41. The molecule has 5 nitrogen and oxygen atoms in total. The molecule has 2 aromatic heterocycles. The highest BCUT2D eigenvalue weighted by Crippen LogP contribution is 2.33. The number of hydrogen-bond donors (Lipinski definition) is 2. The Bertz CT molecular complexity index is 1100. The van der Waals surface area contributed by atoms with E-state index in [-0.39, 0.29) is 5.56 Å². The van der Waals surface area contributed by atoms with Crippen molar-refractivity contribution >= 4 is 16.9 Å². The van der Waals surface area contributed by atoms with E-state index < -0.39 is 5.97 Å². The molecule has 4 aromatic rings. The Hall–Kier alpha value is -3.60. The van der Waals surface area contributed by atoms with Gasteiger partial charge in [0.1, 0.15) is 5.75 Å². The van der Waals surface area contributed by atoms with Gasteiger partial charge in [0.05, 0.1) is 12.7 Å². The van der Waals surface area contributed by atoms with E-state index in [1.54, 1.807) is 31.6 Å². The monoisotopic (exact) mass is 344 g/mol. The number of ether oxygens (including phenoxy) is 1. The van der Waals surface area contributed by atoms with E-state index in [0.29, 0.717) is 5.39 Å².